The van der Waals surface area contributed by atoms with Crippen molar-refractivity contribution < 1.29 is 0 Å². The van der Waals surface area contributed by atoms with E-state index in [1.165, 1.54) is 0 Å². The zero-order valence-corrected chi connectivity index (χ0v) is 13.2. The molecule has 1 heterocycles. The third kappa shape index (κ3) is 4.99. The highest BCUT2D eigenvalue weighted by Crippen LogP contribution is 2.27. The fourth-order valence-corrected chi connectivity index (χ4v) is 2.67. The van der Waals surface area contributed by atoms with Crippen LogP contribution in [0.5, 0.6) is 0 Å². The second-order valence-corrected chi connectivity index (χ2v) is 6.58. The zero-order valence-electron chi connectivity index (χ0n) is 12.3. The van der Waals surface area contributed by atoms with Gasteiger partial charge in [-0.3, -0.25) is 4.98 Å². The van der Waals surface area contributed by atoms with Crippen molar-refractivity contribution in [2.24, 2.45) is 11.3 Å². The van der Waals surface area contributed by atoms with E-state index in [1.807, 2.05) is 13.0 Å². The molecule has 0 saturated carbocycles. The highest BCUT2D eigenvalue weighted by molar-refractivity contribution is 7.80. The molecule has 0 amide bonds. The molecule has 0 N–H and O–H groups in total. The van der Waals surface area contributed by atoms with Crippen LogP contribution < -0.4 is 0 Å². The van der Waals surface area contributed by atoms with E-state index >= 15 is 0 Å². The van der Waals surface area contributed by atoms with E-state index in [0.29, 0.717) is 11.3 Å². The van der Waals surface area contributed by atoms with E-state index in [1.54, 1.807) is 0 Å². The van der Waals surface area contributed by atoms with Crippen LogP contribution in [-0.2, 0) is 6.54 Å². The Morgan fingerprint density at radius 1 is 1.33 bits per heavy atom. The molecule has 1 unspecified atom stereocenters. The maximum atomic E-state index is 4.55. The third-order valence-electron chi connectivity index (χ3n) is 3.36. The van der Waals surface area contributed by atoms with Crippen molar-refractivity contribution in [3.63, 3.8) is 0 Å². The minimum atomic E-state index is 0.302. The van der Waals surface area contributed by atoms with Crippen molar-refractivity contribution in [1.29, 1.82) is 0 Å². The molecule has 0 aliphatic heterocycles. The van der Waals surface area contributed by atoms with Gasteiger partial charge in [0.1, 0.15) is 0 Å². The second kappa shape index (κ2) is 6.58. The first-order valence-electron chi connectivity index (χ1n) is 6.55. The summed E-state index contributed by atoms with van der Waals surface area (Å²) in [6.45, 7) is 10.9. The normalized spacial score (nSPS) is 13.9. The van der Waals surface area contributed by atoms with Gasteiger partial charge < -0.3 is 4.90 Å². The van der Waals surface area contributed by atoms with Gasteiger partial charge in [0.05, 0.1) is 5.69 Å². The lowest BCUT2D eigenvalue weighted by molar-refractivity contribution is 0.182. The molecule has 0 bridgehead atoms. The number of hydrogen-bond acceptors (Lipinski definition) is 3. The summed E-state index contributed by atoms with van der Waals surface area (Å²) in [4.78, 5) is 6.89. The summed E-state index contributed by atoms with van der Waals surface area (Å²) in [7, 11) is 2.16. The fourth-order valence-electron chi connectivity index (χ4n) is 2.01. The Morgan fingerprint density at radius 3 is 2.50 bits per heavy atom. The number of aryl methyl sites for hydroxylation is 1. The summed E-state index contributed by atoms with van der Waals surface area (Å²) in [5.74, 6) is 1.52. The van der Waals surface area contributed by atoms with Gasteiger partial charge in [0.2, 0.25) is 0 Å². The predicted molar refractivity (Wildman–Crippen MR) is 82.1 cm³/mol. The fraction of sp³-hybridized carbons (Fsp3) is 0.667. The smallest absolute Gasteiger partial charge is 0.0547 e. The molecular weight excluding hydrogens is 240 g/mol. The summed E-state index contributed by atoms with van der Waals surface area (Å²) < 4.78 is 0. The number of thiol groups is 1. The van der Waals surface area contributed by atoms with Crippen LogP contribution in [0.3, 0.4) is 0 Å². The van der Waals surface area contributed by atoms with Crippen LogP contribution in [0.15, 0.2) is 18.2 Å². The Hall–Kier alpha value is -0.540. The zero-order chi connectivity index (χ0) is 13.8. The Bertz CT molecular complexity index is 371. The molecule has 1 rings (SSSR count). The van der Waals surface area contributed by atoms with Crippen LogP contribution in [0, 0.1) is 18.3 Å². The molecule has 1 aromatic heterocycles. The Labute approximate surface area is 117 Å². The first kappa shape index (κ1) is 15.5. The van der Waals surface area contributed by atoms with Gasteiger partial charge in [0.25, 0.3) is 0 Å². The summed E-state index contributed by atoms with van der Waals surface area (Å²) >= 11 is 4.48. The summed E-state index contributed by atoms with van der Waals surface area (Å²) in [5, 5.41) is 0. The highest BCUT2D eigenvalue weighted by atomic mass is 32.1. The maximum absolute atomic E-state index is 4.55. The summed E-state index contributed by atoms with van der Waals surface area (Å²) in [6.07, 6.45) is 0. The molecule has 0 aliphatic carbocycles. The second-order valence-electron chi connectivity index (χ2n) is 6.21. The topological polar surface area (TPSA) is 16.1 Å². The van der Waals surface area contributed by atoms with Gasteiger partial charge in [0, 0.05) is 18.8 Å². The Balaban J connectivity index is 2.58. The highest BCUT2D eigenvalue weighted by Gasteiger charge is 2.24. The van der Waals surface area contributed by atoms with Gasteiger partial charge >= 0.3 is 0 Å². The minimum absolute atomic E-state index is 0.302. The lowest BCUT2D eigenvalue weighted by Gasteiger charge is -2.33. The number of nitrogens with zero attached hydrogens (tertiary/aromatic N) is 2. The van der Waals surface area contributed by atoms with Gasteiger partial charge in [-0.05, 0) is 43.2 Å². The number of aromatic nitrogens is 1. The van der Waals surface area contributed by atoms with Crippen LogP contribution in [-0.4, -0.2) is 29.2 Å². The van der Waals surface area contributed by atoms with Crippen molar-refractivity contribution in [2.75, 3.05) is 19.3 Å². The minimum Gasteiger partial charge on any atom is -0.300 e. The van der Waals surface area contributed by atoms with E-state index < -0.39 is 0 Å². The third-order valence-corrected chi connectivity index (χ3v) is 3.80. The lowest BCUT2D eigenvalue weighted by Crippen LogP contribution is -2.34. The first-order chi connectivity index (χ1) is 8.32. The molecule has 3 heteroatoms. The number of rotatable bonds is 5. The monoisotopic (exact) mass is 266 g/mol. The largest absolute Gasteiger partial charge is 0.300 e. The average molecular weight is 266 g/mol. The molecule has 18 heavy (non-hydrogen) atoms. The first-order valence-corrected chi connectivity index (χ1v) is 7.18. The van der Waals surface area contributed by atoms with Crippen molar-refractivity contribution in [3.8, 4) is 0 Å². The molecule has 1 atom stereocenters. The molecule has 0 aromatic carbocycles. The quantitative estimate of drug-likeness (QED) is 0.822. The van der Waals surface area contributed by atoms with Gasteiger partial charge in [-0.2, -0.15) is 12.6 Å². The summed E-state index contributed by atoms with van der Waals surface area (Å²) in [6, 6.07) is 6.21. The Kier molecular flexibility index (Phi) is 5.67. The van der Waals surface area contributed by atoms with Crippen molar-refractivity contribution in [1.82, 2.24) is 9.88 Å². The molecule has 0 fully saturated rings. The number of hydrogen-bond donors (Lipinski definition) is 1. The molecule has 0 spiro atoms. The van der Waals surface area contributed by atoms with Gasteiger partial charge in [-0.15, -0.1) is 0 Å². The molecule has 1 aromatic rings. The Morgan fingerprint density at radius 2 is 2.00 bits per heavy atom. The van der Waals surface area contributed by atoms with E-state index in [9.17, 15) is 0 Å². The van der Waals surface area contributed by atoms with E-state index in [4.69, 9.17) is 0 Å². The van der Waals surface area contributed by atoms with Crippen molar-refractivity contribution >= 4 is 12.6 Å². The molecular formula is C15H26N2S. The predicted octanol–water partition coefficient (Wildman–Crippen LogP) is 3.41. The molecule has 0 radical (unpaired) electrons. The van der Waals surface area contributed by atoms with Gasteiger partial charge in [-0.1, -0.05) is 26.8 Å². The summed E-state index contributed by atoms with van der Waals surface area (Å²) in [5.41, 5.74) is 2.53. The molecule has 102 valence electrons. The van der Waals surface area contributed by atoms with Crippen LogP contribution in [0.2, 0.25) is 0 Å². The van der Waals surface area contributed by atoms with E-state index in [-0.39, 0.29) is 0 Å². The standard InChI is InChI=1S/C15H26N2S/c1-12-7-6-8-14(16-12)10-17(5)9-13(11-18)15(2,3)4/h6-8,13,18H,9-11H2,1-5H3. The van der Waals surface area contributed by atoms with Gasteiger partial charge in [0.15, 0.2) is 0 Å². The average Bonchev–Trinajstić information content (AvgIpc) is 2.24. The maximum Gasteiger partial charge on any atom is 0.0547 e. The van der Waals surface area contributed by atoms with Crippen LogP contribution in [0.25, 0.3) is 0 Å². The van der Waals surface area contributed by atoms with Crippen LogP contribution >= 0.6 is 12.6 Å². The lowest BCUT2D eigenvalue weighted by atomic mass is 9.81. The van der Waals surface area contributed by atoms with Gasteiger partial charge in [-0.25, -0.2) is 0 Å². The van der Waals surface area contributed by atoms with Crippen LogP contribution in [0.1, 0.15) is 32.2 Å². The molecule has 0 aliphatic rings. The van der Waals surface area contributed by atoms with E-state index in [0.717, 1.165) is 30.2 Å². The molecule has 0 saturated heterocycles. The van der Waals surface area contributed by atoms with Crippen molar-refractivity contribution in [3.05, 3.63) is 29.6 Å². The van der Waals surface area contributed by atoms with Crippen molar-refractivity contribution in [2.45, 2.75) is 34.2 Å². The number of pyridine rings is 1. The van der Waals surface area contributed by atoms with Crippen LogP contribution in [0.4, 0.5) is 0 Å². The SMILES string of the molecule is Cc1cccc(CN(C)CC(CS)C(C)(C)C)n1. The molecule has 2 nitrogen and oxygen atoms in total. The van der Waals surface area contributed by atoms with E-state index in [2.05, 4.69) is 62.5 Å².